The van der Waals surface area contributed by atoms with Gasteiger partial charge in [-0.1, -0.05) is 11.8 Å². The summed E-state index contributed by atoms with van der Waals surface area (Å²) in [4.78, 5) is 0. The lowest BCUT2D eigenvalue weighted by Gasteiger charge is -2.10. The van der Waals surface area contributed by atoms with Gasteiger partial charge in [-0.25, -0.2) is 0 Å². The zero-order valence-electron chi connectivity index (χ0n) is 10.9. The van der Waals surface area contributed by atoms with Crippen molar-refractivity contribution in [3.63, 3.8) is 0 Å². The van der Waals surface area contributed by atoms with Crippen molar-refractivity contribution in [1.82, 2.24) is 24.5 Å². The van der Waals surface area contributed by atoms with Gasteiger partial charge in [0.05, 0.1) is 6.20 Å². The second kappa shape index (κ2) is 5.43. The summed E-state index contributed by atoms with van der Waals surface area (Å²) in [5.74, 6) is 1.42. The van der Waals surface area contributed by atoms with Crippen LogP contribution in [0.5, 0.6) is 0 Å². The van der Waals surface area contributed by atoms with Crippen LogP contribution < -0.4 is 5.73 Å². The van der Waals surface area contributed by atoms with Gasteiger partial charge in [0.15, 0.2) is 5.16 Å². The van der Waals surface area contributed by atoms with Crippen molar-refractivity contribution in [3.8, 4) is 0 Å². The third-order valence-electron chi connectivity index (χ3n) is 2.59. The Morgan fingerprint density at radius 3 is 2.78 bits per heavy atom. The minimum Gasteiger partial charge on any atom is -0.368 e. The molecule has 0 spiro atoms. The standard InChI is InChI=1S/C11H18N6S/c1-8(2)17-10(12)14-15-11(17)18-5-4-9-6-13-16(3)7-9/h6-8H,4-5H2,1-3H3,(H2,12,14). The first-order valence-corrected chi connectivity index (χ1v) is 6.87. The van der Waals surface area contributed by atoms with Crippen LogP contribution in [0.25, 0.3) is 0 Å². The molecule has 0 bridgehead atoms. The molecule has 98 valence electrons. The van der Waals surface area contributed by atoms with E-state index in [1.165, 1.54) is 5.56 Å². The summed E-state index contributed by atoms with van der Waals surface area (Å²) in [6, 6.07) is 0.279. The Hall–Kier alpha value is -1.50. The van der Waals surface area contributed by atoms with Gasteiger partial charge in [-0.2, -0.15) is 5.10 Å². The molecular formula is C11H18N6S. The summed E-state index contributed by atoms with van der Waals surface area (Å²) < 4.78 is 3.77. The molecule has 7 heteroatoms. The van der Waals surface area contributed by atoms with Crippen molar-refractivity contribution in [2.75, 3.05) is 11.5 Å². The first kappa shape index (κ1) is 12.9. The average Bonchev–Trinajstić information content (AvgIpc) is 2.86. The third-order valence-corrected chi connectivity index (χ3v) is 3.53. The molecule has 0 radical (unpaired) electrons. The molecule has 0 saturated carbocycles. The molecule has 2 aromatic rings. The number of nitrogens with two attached hydrogens (primary N) is 1. The Kier molecular flexibility index (Phi) is 3.90. The van der Waals surface area contributed by atoms with E-state index in [2.05, 4.69) is 29.1 Å². The molecule has 0 saturated heterocycles. The van der Waals surface area contributed by atoms with E-state index in [4.69, 9.17) is 5.73 Å². The summed E-state index contributed by atoms with van der Waals surface area (Å²) in [7, 11) is 1.92. The smallest absolute Gasteiger partial charge is 0.222 e. The number of hydrogen-bond donors (Lipinski definition) is 1. The molecule has 2 aromatic heterocycles. The fourth-order valence-electron chi connectivity index (χ4n) is 1.73. The molecule has 18 heavy (non-hydrogen) atoms. The summed E-state index contributed by atoms with van der Waals surface area (Å²) in [6.07, 6.45) is 4.88. The van der Waals surface area contributed by atoms with E-state index in [-0.39, 0.29) is 6.04 Å². The van der Waals surface area contributed by atoms with Crippen molar-refractivity contribution in [2.45, 2.75) is 31.5 Å². The lowest BCUT2D eigenvalue weighted by molar-refractivity contribution is 0.557. The van der Waals surface area contributed by atoms with E-state index in [1.807, 2.05) is 28.7 Å². The number of nitrogens with zero attached hydrogens (tertiary/aromatic N) is 5. The maximum absolute atomic E-state index is 5.79. The number of aromatic nitrogens is 5. The molecule has 0 aliphatic heterocycles. The summed E-state index contributed by atoms with van der Waals surface area (Å²) >= 11 is 1.67. The van der Waals surface area contributed by atoms with Gasteiger partial charge in [0.1, 0.15) is 0 Å². The van der Waals surface area contributed by atoms with Crippen LogP contribution >= 0.6 is 11.8 Å². The van der Waals surface area contributed by atoms with Crippen molar-refractivity contribution in [1.29, 1.82) is 0 Å². The normalized spacial score (nSPS) is 11.3. The lowest BCUT2D eigenvalue weighted by atomic mass is 10.3. The molecule has 0 fully saturated rings. The molecule has 0 aliphatic carbocycles. The molecule has 6 nitrogen and oxygen atoms in total. The second-order valence-corrected chi connectivity index (χ2v) is 5.49. The molecule has 2 heterocycles. The van der Waals surface area contributed by atoms with Crippen LogP contribution in [0, 0.1) is 0 Å². The number of nitrogen functional groups attached to an aromatic ring is 1. The van der Waals surface area contributed by atoms with Crippen molar-refractivity contribution in [2.24, 2.45) is 7.05 Å². The van der Waals surface area contributed by atoms with Crippen LogP contribution in [0.15, 0.2) is 17.6 Å². The van der Waals surface area contributed by atoms with Gasteiger partial charge in [-0.15, -0.1) is 10.2 Å². The van der Waals surface area contributed by atoms with Crippen LogP contribution in [-0.4, -0.2) is 30.3 Å². The lowest BCUT2D eigenvalue weighted by Crippen LogP contribution is -2.07. The van der Waals surface area contributed by atoms with Crippen LogP contribution in [0.3, 0.4) is 0 Å². The average molecular weight is 266 g/mol. The van der Waals surface area contributed by atoms with Crippen LogP contribution in [-0.2, 0) is 13.5 Å². The Bertz CT molecular complexity index is 515. The fourth-order valence-corrected chi connectivity index (χ4v) is 2.80. The molecule has 2 rings (SSSR count). The third kappa shape index (κ3) is 2.84. The van der Waals surface area contributed by atoms with Gasteiger partial charge in [-0.3, -0.25) is 9.25 Å². The highest BCUT2D eigenvalue weighted by atomic mass is 32.2. The molecule has 2 N–H and O–H groups in total. The van der Waals surface area contributed by atoms with Gasteiger partial charge >= 0.3 is 0 Å². The maximum atomic E-state index is 5.79. The highest BCUT2D eigenvalue weighted by Gasteiger charge is 2.12. The minimum atomic E-state index is 0.279. The highest BCUT2D eigenvalue weighted by molar-refractivity contribution is 7.99. The van der Waals surface area contributed by atoms with Crippen molar-refractivity contribution >= 4 is 17.7 Å². The first-order chi connectivity index (χ1) is 8.58. The number of rotatable bonds is 5. The Morgan fingerprint density at radius 1 is 1.39 bits per heavy atom. The Balaban J connectivity index is 1.94. The van der Waals surface area contributed by atoms with Crippen LogP contribution in [0.1, 0.15) is 25.5 Å². The molecule has 0 amide bonds. The van der Waals surface area contributed by atoms with E-state index >= 15 is 0 Å². The number of aryl methyl sites for hydroxylation is 2. The van der Waals surface area contributed by atoms with E-state index in [9.17, 15) is 0 Å². The van der Waals surface area contributed by atoms with E-state index in [0.717, 1.165) is 17.3 Å². The van der Waals surface area contributed by atoms with E-state index in [1.54, 1.807) is 11.8 Å². The number of thioether (sulfide) groups is 1. The molecule has 0 unspecified atom stereocenters. The highest BCUT2D eigenvalue weighted by Crippen LogP contribution is 2.23. The quantitative estimate of drug-likeness (QED) is 0.830. The van der Waals surface area contributed by atoms with Gasteiger partial charge in [0.25, 0.3) is 0 Å². The maximum Gasteiger partial charge on any atom is 0.222 e. The van der Waals surface area contributed by atoms with Crippen molar-refractivity contribution < 1.29 is 0 Å². The van der Waals surface area contributed by atoms with Gasteiger partial charge in [0, 0.05) is 25.0 Å². The molecular weight excluding hydrogens is 248 g/mol. The Morgan fingerprint density at radius 2 is 2.17 bits per heavy atom. The molecule has 0 atom stereocenters. The van der Waals surface area contributed by atoms with Gasteiger partial charge < -0.3 is 5.73 Å². The predicted octanol–water partition coefficient (Wildman–Crippen LogP) is 1.51. The van der Waals surface area contributed by atoms with Gasteiger partial charge in [0.2, 0.25) is 5.95 Å². The SMILES string of the molecule is CC(C)n1c(N)nnc1SCCc1cnn(C)c1. The second-order valence-electron chi connectivity index (χ2n) is 4.43. The summed E-state index contributed by atoms with van der Waals surface area (Å²) in [6.45, 7) is 4.15. The van der Waals surface area contributed by atoms with E-state index in [0.29, 0.717) is 5.95 Å². The molecule has 0 aromatic carbocycles. The number of hydrogen-bond acceptors (Lipinski definition) is 5. The number of anilines is 1. The largest absolute Gasteiger partial charge is 0.368 e. The monoisotopic (exact) mass is 266 g/mol. The predicted molar refractivity (Wildman–Crippen MR) is 72.5 cm³/mol. The van der Waals surface area contributed by atoms with Crippen molar-refractivity contribution in [3.05, 3.63) is 18.0 Å². The zero-order valence-corrected chi connectivity index (χ0v) is 11.7. The topological polar surface area (TPSA) is 74.6 Å². The van der Waals surface area contributed by atoms with Crippen LogP contribution in [0.2, 0.25) is 0 Å². The van der Waals surface area contributed by atoms with Crippen LogP contribution in [0.4, 0.5) is 5.95 Å². The van der Waals surface area contributed by atoms with Gasteiger partial charge in [-0.05, 0) is 25.8 Å². The summed E-state index contributed by atoms with van der Waals surface area (Å²) in [5.41, 5.74) is 7.02. The molecule has 0 aliphatic rings. The first-order valence-electron chi connectivity index (χ1n) is 5.88. The Labute approximate surface area is 111 Å². The minimum absolute atomic E-state index is 0.279. The summed E-state index contributed by atoms with van der Waals surface area (Å²) in [5, 5.41) is 13.1. The zero-order chi connectivity index (χ0) is 13.1. The fraction of sp³-hybridized carbons (Fsp3) is 0.545. The van der Waals surface area contributed by atoms with E-state index < -0.39 is 0 Å².